The molecule has 1 N–H and O–H groups in total. The second-order valence-corrected chi connectivity index (χ2v) is 4.83. The first-order valence-electron chi connectivity index (χ1n) is 5.90. The van der Waals surface area contributed by atoms with E-state index in [0.717, 1.165) is 5.92 Å². The highest BCUT2D eigenvalue weighted by atomic mass is 14.9. The molecule has 0 aromatic heterocycles. The summed E-state index contributed by atoms with van der Waals surface area (Å²) in [6, 6.07) is 11.6. The highest BCUT2D eigenvalue weighted by Gasteiger charge is 2.09. The number of hydrogen-bond donors (Lipinski definition) is 1. The molecule has 1 heteroatoms. The van der Waals surface area contributed by atoms with E-state index >= 15 is 0 Å². The molecule has 84 valence electrons. The van der Waals surface area contributed by atoms with Crippen molar-refractivity contribution in [1.82, 2.24) is 5.32 Å². The summed E-state index contributed by atoms with van der Waals surface area (Å²) in [6.07, 6.45) is 1.23. The second-order valence-electron chi connectivity index (χ2n) is 4.83. The predicted octanol–water partition coefficient (Wildman–Crippen LogP) is 3.77. The summed E-state index contributed by atoms with van der Waals surface area (Å²) in [4.78, 5) is 0. The maximum Gasteiger partial charge on any atom is 0.0294 e. The van der Waals surface area contributed by atoms with Crippen molar-refractivity contribution in [2.75, 3.05) is 0 Å². The van der Waals surface area contributed by atoms with E-state index in [1.54, 1.807) is 0 Å². The van der Waals surface area contributed by atoms with Gasteiger partial charge in [-0.1, -0.05) is 44.2 Å². The van der Waals surface area contributed by atoms with E-state index in [-0.39, 0.29) is 0 Å². The smallest absolute Gasteiger partial charge is 0.0294 e. The summed E-state index contributed by atoms with van der Waals surface area (Å²) in [6.45, 7) is 9.03. The topological polar surface area (TPSA) is 12.0 Å². The van der Waals surface area contributed by atoms with Crippen LogP contribution in [0.2, 0.25) is 0 Å². The Bertz CT molecular complexity index is 266. The Morgan fingerprint density at radius 2 is 1.60 bits per heavy atom. The van der Waals surface area contributed by atoms with Crippen LogP contribution in [0, 0.1) is 5.92 Å². The van der Waals surface area contributed by atoms with Crippen molar-refractivity contribution >= 4 is 0 Å². The monoisotopic (exact) mass is 205 g/mol. The summed E-state index contributed by atoms with van der Waals surface area (Å²) in [5, 5.41) is 3.63. The Morgan fingerprint density at radius 3 is 2.13 bits per heavy atom. The predicted molar refractivity (Wildman–Crippen MR) is 66.9 cm³/mol. The zero-order valence-electron chi connectivity index (χ0n) is 10.3. The summed E-state index contributed by atoms with van der Waals surface area (Å²) < 4.78 is 0. The Balaban J connectivity index is 2.45. The normalized spacial score (nSPS) is 15.3. The van der Waals surface area contributed by atoms with Crippen molar-refractivity contribution in [3.8, 4) is 0 Å². The Labute approximate surface area is 93.9 Å². The molecule has 0 bridgehead atoms. The van der Waals surface area contributed by atoms with E-state index in [4.69, 9.17) is 0 Å². The fourth-order valence-corrected chi connectivity index (χ4v) is 2.04. The largest absolute Gasteiger partial charge is 0.308 e. The van der Waals surface area contributed by atoms with Crippen LogP contribution in [0.1, 0.15) is 45.7 Å². The fraction of sp³-hybridized carbons (Fsp3) is 0.571. The van der Waals surface area contributed by atoms with Gasteiger partial charge < -0.3 is 5.32 Å². The molecule has 0 saturated carbocycles. The summed E-state index contributed by atoms with van der Waals surface area (Å²) in [5.41, 5.74) is 1.37. The van der Waals surface area contributed by atoms with Gasteiger partial charge in [0.1, 0.15) is 0 Å². The third-order valence-electron chi connectivity index (χ3n) is 2.66. The molecule has 1 nitrogen and oxygen atoms in total. The molecule has 0 fully saturated rings. The van der Waals surface area contributed by atoms with Crippen molar-refractivity contribution < 1.29 is 0 Å². The lowest BCUT2D eigenvalue weighted by molar-refractivity contribution is 0.407. The molecule has 0 aliphatic heterocycles. The van der Waals surface area contributed by atoms with Gasteiger partial charge in [-0.2, -0.15) is 0 Å². The summed E-state index contributed by atoms with van der Waals surface area (Å²) in [5.74, 6) is 0.760. The maximum atomic E-state index is 3.63. The molecule has 0 aliphatic carbocycles. The molecule has 1 aromatic carbocycles. The van der Waals surface area contributed by atoms with Crippen LogP contribution in [0.3, 0.4) is 0 Å². The van der Waals surface area contributed by atoms with Gasteiger partial charge >= 0.3 is 0 Å². The molecular formula is C14H23N. The number of rotatable bonds is 5. The van der Waals surface area contributed by atoms with Gasteiger partial charge in [-0.25, -0.2) is 0 Å². The minimum absolute atomic E-state index is 0.444. The lowest BCUT2D eigenvalue weighted by Crippen LogP contribution is -2.30. The van der Waals surface area contributed by atoms with E-state index in [2.05, 4.69) is 63.3 Å². The van der Waals surface area contributed by atoms with Crippen LogP contribution in [0.5, 0.6) is 0 Å². The average Bonchev–Trinajstić information content (AvgIpc) is 2.17. The molecule has 0 saturated heterocycles. The zero-order chi connectivity index (χ0) is 11.3. The van der Waals surface area contributed by atoms with Crippen LogP contribution in [0.15, 0.2) is 30.3 Å². The van der Waals surface area contributed by atoms with E-state index in [1.165, 1.54) is 12.0 Å². The van der Waals surface area contributed by atoms with Crippen LogP contribution < -0.4 is 5.32 Å². The Hall–Kier alpha value is -0.820. The summed E-state index contributed by atoms with van der Waals surface area (Å²) in [7, 11) is 0. The first-order chi connectivity index (χ1) is 7.09. The van der Waals surface area contributed by atoms with Gasteiger partial charge in [0, 0.05) is 12.1 Å². The van der Waals surface area contributed by atoms with Crippen molar-refractivity contribution in [1.29, 1.82) is 0 Å². The van der Waals surface area contributed by atoms with Crippen molar-refractivity contribution in [2.24, 2.45) is 5.92 Å². The molecule has 0 spiro atoms. The van der Waals surface area contributed by atoms with Gasteiger partial charge in [-0.15, -0.1) is 0 Å². The van der Waals surface area contributed by atoms with Crippen LogP contribution in [-0.4, -0.2) is 6.04 Å². The SMILES string of the molecule is CC(C)C[C@@H](C)N[C@H](C)c1ccccc1. The molecule has 0 radical (unpaired) electrons. The van der Waals surface area contributed by atoms with Gasteiger partial charge in [-0.05, 0) is 31.7 Å². The number of benzene rings is 1. The van der Waals surface area contributed by atoms with Gasteiger partial charge in [0.2, 0.25) is 0 Å². The Kier molecular flexibility index (Phi) is 4.83. The molecule has 2 atom stereocenters. The average molecular weight is 205 g/mol. The zero-order valence-corrected chi connectivity index (χ0v) is 10.3. The lowest BCUT2D eigenvalue weighted by Gasteiger charge is -2.21. The van der Waals surface area contributed by atoms with Crippen LogP contribution in [-0.2, 0) is 0 Å². The highest BCUT2D eigenvalue weighted by Crippen LogP contribution is 2.14. The molecule has 1 rings (SSSR count). The van der Waals surface area contributed by atoms with Crippen molar-refractivity contribution in [3.05, 3.63) is 35.9 Å². The van der Waals surface area contributed by atoms with Crippen LogP contribution >= 0.6 is 0 Å². The number of nitrogens with one attached hydrogen (secondary N) is 1. The van der Waals surface area contributed by atoms with Crippen molar-refractivity contribution in [3.63, 3.8) is 0 Å². The van der Waals surface area contributed by atoms with Gasteiger partial charge in [0.25, 0.3) is 0 Å². The van der Waals surface area contributed by atoms with Crippen LogP contribution in [0.4, 0.5) is 0 Å². The van der Waals surface area contributed by atoms with E-state index < -0.39 is 0 Å². The van der Waals surface area contributed by atoms with E-state index in [1.807, 2.05) is 0 Å². The molecule has 0 heterocycles. The molecular weight excluding hydrogens is 182 g/mol. The van der Waals surface area contributed by atoms with Gasteiger partial charge in [0.15, 0.2) is 0 Å². The molecule has 0 amide bonds. The van der Waals surface area contributed by atoms with Crippen molar-refractivity contribution in [2.45, 2.75) is 46.2 Å². The van der Waals surface area contributed by atoms with E-state index in [0.29, 0.717) is 12.1 Å². The molecule has 0 aliphatic rings. The maximum absolute atomic E-state index is 3.63. The lowest BCUT2D eigenvalue weighted by atomic mass is 10.0. The molecule has 0 unspecified atom stereocenters. The van der Waals surface area contributed by atoms with E-state index in [9.17, 15) is 0 Å². The van der Waals surface area contributed by atoms with Gasteiger partial charge in [0.05, 0.1) is 0 Å². The van der Waals surface area contributed by atoms with Gasteiger partial charge in [-0.3, -0.25) is 0 Å². The minimum atomic E-state index is 0.444. The first kappa shape index (κ1) is 12.3. The molecule has 15 heavy (non-hydrogen) atoms. The third-order valence-corrected chi connectivity index (χ3v) is 2.66. The number of hydrogen-bond acceptors (Lipinski definition) is 1. The second kappa shape index (κ2) is 5.92. The first-order valence-corrected chi connectivity index (χ1v) is 5.90. The van der Waals surface area contributed by atoms with Crippen LogP contribution in [0.25, 0.3) is 0 Å². The quantitative estimate of drug-likeness (QED) is 0.771. The summed E-state index contributed by atoms with van der Waals surface area (Å²) >= 11 is 0. The third kappa shape index (κ3) is 4.48. The Morgan fingerprint density at radius 1 is 1.00 bits per heavy atom. The standard InChI is InChI=1S/C14H23N/c1-11(2)10-12(3)15-13(4)14-8-6-5-7-9-14/h5-9,11-13,15H,10H2,1-4H3/t12-,13-/m1/s1. The fourth-order valence-electron chi connectivity index (χ4n) is 2.04. The minimum Gasteiger partial charge on any atom is -0.308 e. The molecule has 1 aromatic rings. The highest BCUT2D eigenvalue weighted by molar-refractivity contribution is 5.18.